The molecular formula is C14H22N4O. The number of hydrogen-bond donors (Lipinski definition) is 1. The number of imidazole rings is 1. The van der Waals surface area contributed by atoms with Gasteiger partial charge in [0, 0.05) is 12.1 Å². The minimum Gasteiger partial charge on any atom is -0.481 e. The van der Waals surface area contributed by atoms with Crippen LogP contribution in [0.15, 0.2) is 12.1 Å². The molecule has 1 atom stereocenters. The van der Waals surface area contributed by atoms with Gasteiger partial charge in [-0.3, -0.25) is 4.57 Å². The molecule has 2 N–H and O–H groups in total. The number of rotatable bonds is 5. The third-order valence-corrected chi connectivity index (χ3v) is 3.89. The highest BCUT2D eigenvalue weighted by Crippen LogP contribution is 2.30. The zero-order chi connectivity index (χ0) is 14.0. The second-order valence-corrected chi connectivity index (χ2v) is 4.85. The number of pyridine rings is 1. The molecule has 0 aliphatic heterocycles. The molecule has 104 valence electrons. The first-order chi connectivity index (χ1) is 9.12. The Kier molecular flexibility index (Phi) is 3.93. The third-order valence-electron chi connectivity index (χ3n) is 3.89. The SMILES string of the molecule is CCC(CC)C(C)n1c(N)nc2ccc(OC)nc21. The van der Waals surface area contributed by atoms with Gasteiger partial charge in [0.15, 0.2) is 5.65 Å². The average molecular weight is 262 g/mol. The molecule has 0 spiro atoms. The average Bonchev–Trinajstić information content (AvgIpc) is 2.74. The maximum Gasteiger partial charge on any atom is 0.215 e. The number of methoxy groups -OCH3 is 1. The van der Waals surface area contributed by atoms with Crippen molar-refractivity contribution in [2.24, 2.45) is 5.92 Å². The number of fused-ring (bicyclic) bond motifs is 1. The molecular weight excluding hydrogens is 240 g/mol. The van der Waals surface area contributed by atoms with E-state index < -0.39 is 0 Å². The summed E-state index contributed by atoms with van der Waals surface area (Å²) in [7, 11) is 1.61. The van der Waals surface area contributed by atoms with Crippen LogP contribution in [0, 0.1) is 5.92 Å². The number of aromatic nitrogens is 3. The van der Waals surface area contributed by atoms with Gasteiger partial charge in [0.1, 0.15) is 5.52 Å². The van der Waals surface area contributed by atoms with Crippen molar-refractivity contribution < 1.29 is 4.74 Å². The van der Waals surface area contributed by atoms with Gasteiger partial charge in [-0.05, 0) is 18.9 Å². The fourth-order valence-corrected chi connectivity index (χ4v) is 2.67. The standard InChI is InChI=1S/C14H22N4O/c1-5-10(6-2)9(3)18-13-11(16-14(18)15)7-8-12(17-13)19-4/h7-10H,5-6H2,1-4H3,(H2,15,16). The number of nitrogens with two attached hydrogens (primary N) is 1. The zero-order valence-corrected chi connectivity index (χ0v) is 12.1. The predicted molar refractivity (Wildman–Crippen MR) is 77.3 cm³/mol. The van der Waals surface area contributed by atoms with Crippen molar-refractivity contribution in [2.45, 2.75) is 39.7 Å². The van der Waals surface area contributed by atoms with E-state index in [1.807, 2.05) is 10.6 Å². The highest BCUT2D eigenvalue weighted by Gasteiger charge is 2.21. The number of hydrogen-bond acceptors (Lipinski definition) is 4. The topological polar surface area (TPSA) is 66.0 Å². The van der Waals surface area contributed by atoms with E-state index in [0.29, 0.717) is 17.7 Å². The Morgan fingerprint density at radius 2 is 1.95 bits per heavy atom. The molecule has 2 rings (SSSR count). The Morgan fingerprint density at radius 1 is 1.26 bits per heavy atom. The van der Waals surface area contributed by atoms with E-state index in [0.717, 1.165) is 24.0 Å². The lowest BCUT2D eigenvalue weighted by Gasteiger charge is -2.23. The van der Waals surface area contributed by atoms with Gasteiger partial charge in [0.2, 0.25) is 11.8 Å². The number of nitrogen functional groups attached to an aromatic ring is 1. The first-order valence-electron chi connectivity index (χ1n) is 6.80. The van der Waals surface area contributed by atoms with Gasteiger partial charge >= 0.3 is 0 Å². The normalized spacial score (nSPS) is 13.1. The molecule has 0 radical (unpaired) electrons. The van der Waals surface area contributed by atoms with E-state index in [1.54, 1.807) is 13.2 Å². The summed E-state index contributed by atoms with van der Waals surface area (Å²) in [4.78, 5) is 8.87. The summed E-state index contributed by atoms with van der Waals surface area (Å²) in [6.07, 6.45) is 2.22. The quantitative estimate of drug-likeness (QED) is 0.899. The summed E-state index contributed by atoms with van der Waals surface area (Å²) in [5.74, 6) is 1.67. The summed E-state index contributed by atoms with van der Waals surface area (Å²) >= 11 is 0. The lowest BCUT2D eigenvalue weighted by molar-refractivity contribution is 0.340. The van der Waals surface area contributed by atoms with Crippen LogP contribution in [0.4, 0.5) is 5.95 Å². The van der Waals surface area contributed by atoms with Gasteiger partial charge in [0.05, 0.1) is 7.11 Å². The van der Waals surface area contributed by atoms with Crippen molar-refractivity contribution in [2.75, 3.05) is 12.8 Å². The summed E-state index contributed by atoms with van der Waals surface area (Å²) in [6.45, 7) is 6.58. The van der Waals surface area contributed by atoms with Crippen molar-refractivity contribution >= 4 is 17.1 Å². The van der Waals surface area contributed by atoms with E-state index in [9.17, 15) is 0 Å². The first-order valence-corrected chi connectivity index (χ1v) is 6.80. The van der Waals surface area contributed by atoms with Crippen LogP contribution in [-0.4, -0.2) is 21.6 Å². The lowest BCUT2D eigenvalue weighted by Crippen LogP contribution is -2.17. The van der Waals surface area contributed by atoms with Crippen molar-refractivity contribution in [1.82, 2.24) is 14.5 Å². The van der Waals surface area contributed by atoms with Crippen LogP contribution >= 0.6 is 0 Å². The van der Waals surface area contributed by atoms with Gasteiger partial charge in [0.25, 0.3) is 0 Å². The molecule has 0 saturated heterocycles. The van der Waals surface area contributed by atoms with Crippen LogP contribution in [0.3, 0.4) is 0 Å². The van der Waals surface area contributed by atoms with Crippen LogP contribution in [0.1, 0.15) is 39.7 Å². The second kappa shape index (κ2) is 5.47. The molecule has 2 aromatic heterocycles. The van der Waals surface area contributed by atoms with E-state index in [4.69, 9.17) is 10.5 Å². The number of nitrogens with zero attached hydrogens (tertiary/aromatic N) is 3. The molecule has 0 amide bonds. The maximum atomic E-state index is 6.06. The fourth-order valence-electron chi connectivity index (χ4n) is 2.67. The van der Waals surface area contributed by atoms with E-state index in [1.165, 1.54) is 0 Å². The first kappa shape index (κ1) is 13.6. The van der Waals surface area contributed by atoms with Crippen molar-refractivity contribution in [3.8, 4) is 5.88 Å². The largest absolute Gasteiger partial charge is 0.481 e. The Labute approximate surface area is 113 Å². The van der Waals surface area contributed by atoms with Crippen LogP contribution in [0.2, 0.25) is 0 Å². The zero-order valence-electron chi connectivity index (χ0n) is 12.1. The van der Waals surface area contributed by atoms with Gasteiger partial charge in [-0.2, -0.15) is 4.98 Å². The Bertz CT molecular complexity index is 560. The fraction of sp³-hybridized carbons (Fsp3) is 0.571. The van der Waals surface area contributed by atoms with Crippen molar-refractivity contribution in [1.29, 1.82) is 0 Å². The molecule has 2 heterocycles. The maximum absolute atomic E-state index is 6.06. The van der Waals surface area contributed by atoms with Gasteiger partial charge in [-0.25, -0.2) is 4.98 Å². The van der Waals surface area contributed by atoms with Gasteiger partial charge in [-0.1, -0.05) is 26.7 Å². The Morgan fingerprint density at radius 3 is 2.53 bits per heavy atom. The van der Waals surface area contributed by atoms with Crippen LogP contribution in [-0.2, 0) is 0 Å². The third kappa shape index (κ3) is 2.37. The summed E-state index contributed by atoms with van der Waals surface area (Å²) in [5.41, 5.74) is 7.68. The van der Waals surface area contributed by atoms with Crippen molar-refractivity contribution in [3.63, 3.8) is 0 Å². The summed E-state index contributed by atoms with van der Waals surface area (Å²) in [5, 5.41) is 0. The van der Waals surface area contributed by atoms with Gasteiger partial charge in [-0.15, -0.1) is 0 Å². The molecule has 0 saturated carbocycles. The Balaban J connectivity index is 2.54. The van der Waals surface area contributed by atoms with E-state index >= 15 is 0 Å². The van der Waals surface area contributed by atoms with Gasteiger partial charge < -0.3 is 10.5 Å². The van der Waals surface area contributed by atoms with Crippen molar-refractivity contribution in [3.05, 3.63) is 12.1 Å². The molecule has 5 nitrogen and oxygen atoms in total. The van der Waals surface area contributed by atoms with Crippen LogP contribution in [0.5, 0.6) is 5.88 Å². The second-order valence-electron chi connectivity index (χ2n) is 4.85. The number of anilines is 1. The highest BCUT2D eigenvalue weighted by molar-refractivity contribution is 5.75. The van der Waals surface area contributed by atoms with E-state index in [2.05, 4.69) is 30.7 Å². The molecule has 0 aliphatic carbocycles. The minimum atomic E-state index is 0.277. The summed E-state index contributed by atoms with van der Waals surface area (Å²) in [6, 6.07) is 3.98. The molecule has 0 bridgehead atoms. The molecule has 2 aromatic rings. The predicted octanol–water partition coefficient (Wildman–Crippen LogP) is 3.02. The Hall–Kier alpha value is -1.78. The molecule has 0 aliphatic rings. The number of ether oxygens (including phenoxy) is 1. The lowest BCUT2D eigenvalue weighted by atomic mass is 9.95. The molecule has 5 heteroatoms. The molecule has 1 unspecified atom stereocenters. The molecule has 19 heavy (non-hydrogen) atoms. The molecule has 0 fully saturated rings. The monoisotopic (exact) mass is 262 g/mol. The summed E-state index contributed by atoms with van der Waals surface area (Å²) < 4.78 is 7.21. The highest BCUT2D eigenvalue weighted by atomic mass is 16.5. The van der Waals surface area contributed by atoms with E-state index in [-0.39, 0.29) is 6.04 Å². The molecule has 0 aromatic carbocycles. The smallest absolute Gasteiger partial charge is 0.215 e. The van der Waals surface area contributed by atoms with Crippen LogP contribution < -0.4 is 10.5 Å². The van der Waals surface area contributed by atoms with Crippen LogP contribution in [0.25, 0.3) is 11.2 Å². The minimum absolute atomic E-state index is 0.277.